The number of anilines is 1. The van der Waals surface area contributed by atoms with Crippen LogP contribution >= 0.6 is 0 Å². The van der Waals surface area contributed by atoms with Crippen LogP contribution in [0, 0.1) is 18.0 Å². The molecule has 1 radical (unpaired) electrons. The van der Waals surface area contributed by atoms with E-state index >= 15 is 0 Å². The Hall–Kier alpha value is -3.37. The standard InChI is InChI=1S/C31H34F3N8O.Y/c1-3-4-11-37-28(35)9-10-29-38-20-26(39-29)7-5-22-16-24(19-36-18-22)30(43)40-25-8-6-23(27(17-25)31(32,33)34)21-42-14-12-41(2)13-15-42;/h6,8-10,16-17,19-20H,3-4,11-15,21H2,1-2H3,(H2,35,37)(H,38,39)(H,40,43);/q-1;/b10-9-;. The maximum Gasteiger partial charge on any atom is 0.416 e. The normalized spacial score (nSPS) is 14.6. The van der Waals surface area contributed by atoms with Gasteiger partial charge in [0.15, 0.2) is 0 Å². The zero-order chi connectivity index (χ0) is 30.8. The summed E-state index contributed by atoms with van der Waals surface area (Å²) in [6.45, 7) is 5.92. The Labute approximate surface area is 280 Å². The first-order valence-electron chi connectivity index (χ1n) is 14.0. The number of aromatic amines is 1. The summed E-state index contributed by atoms with van der Waals surface area (Å²) in [7, 11) is 1.99. The van der Waals surface area contributed by atoms with E-state index in [4.69, 9.17) is 5.73 Å². The van der Waals surface area contributed by atoms with E-state index in [1.165, 1.54) is 24.4 Å². The second-order valence-corrected chi connectivity index (χ2v) is 10.2. The van der Waals surface area contributed by atoms with Crippen LogP contribution in [0.15, 0.2) is 47.7 Å². The van der Waals surface area contributed by atoms with Crippen molar-refractivity contribution in [2.75, 3.05) is 45.1 Å². The number of carbonyl (C=O) groups excluding carboxylic acids is 1. The smallest absolute Gasteiger partial charge is 0.384 e. The van der Waals surface area contributed by atoms with Gasteiger partial charge in [-0.3, -0.25) is 14.7 Å². The first kappa shape index (κ1) is 35.1. The molecule has 229 valence electrons. The van der Waals surface area contributed by atoms with Crippen molar-refractivity contribution in [1.82, 2.24) is 24.8 Å². The molecule has 1 aliphatic rings. The molecule has 1 fully saturated rings. The summed E-state index contributed by atoms with van der Waals surface area (Å²) in [4.78, 5) is 32.5. The Morgan fingerprint density at radius 3 is 2.70 bits per heavy atom. The number of rotatable bonds is 9. The molecular weight excluding hydrogens is 646 g/mol. The third-order valence-electron chi connectivity index (χ3n) is 6.76. The number of imidazole rings is 1. The molecule has 0 unspecified atom stereocenters. The number of alkyl halides is 3. The second-order valence-electron chi connectivity index (χ2n) is 10.2. The van der Waals surface area contributed by atoms with Crippen LogP contribution in [0.3, 0.4) is 0 Å². The van der Waals surface area contributed by atoms with Gasteiger partial charge in [0.25, 0.3) is 0 Å². The number of nitrogens with two attached hydrogens (primary N) is 1. The molecule has 13 heteroatoms. The van der Waals surface area contributed by atoms with Gasteiger partial charge in [0, 0.05) is 77.7 Å². The van der Waals surface area contributed by atoms with Crippen molar-refractivity contribution in [3.63, 3.8) is 0 Å². The maximum atomic E-state index is 13.9. The molecule has 1 amide bonds. The van der Waals surface area contributed by atoms with Crippen LogP contribution in [0.5, 0.6) is 0 Å². The Kier molecular flexibility index (Phi) is 13.3. The van der Waals surface area contributed by atoms with Gasteiger partial charge < -0.3 is 25.9 Å². The maximum absolute atomic E-state index is 13.9. The third-order valence-corrected chi connectivity index (χ3v) is 6.76. The van der Waals surface area contributed by atoms with Gasteiger partial charge >= 0.3 is 6.18 Å². The van der Waals surface area contributed by atoms with Crippen LogP contribution < -0.4 is 11.1 Å². The average molecular weight is 681 g/mol. The number of halogens is 3. The minimum Gasteiger partial charge on any atom is -0.384 e. The minimum atomic E-state index is -4.56. The number of amidine groups is 1. The fourth-order valence-electron chi connectivity index (χ4n) is 4.29. The van der Waals surface area contributed by atoms with Crippen molar-refractivity contribution in [3.8, 4) is 11.8 Å². The molecule has 3 aromatic rings. The summed E-state index contributed by atoms with van der Waals surface area (Å²) in [5.41, 5.74) is 6.27. The third kappa shape index (κ3) is 10.7. The topological polar surface area (TPSA) is 116 Å². The predicted molar refractivity (Wildman–Crippen MR) is 160 cm³/mol. The Morgan fingerprint density at radius 1 is 1.20 bits per heavy atom. The number of aliphatic imine (C=N–C) groups is 1. The number of carbonyl (C=O) groups is 1. The Balaban J connectivity index is 0.00000529. The Morgan fingerprint density at radius 2 is 1.98 bits per heavy atom. The van der Waals surface area contributed by atoms with Crippen molar-refractivity contribution >= 4 is 23.5 Å². The summed E-state index contributed by atoms with van der Waals surface area (Å²) in [5.74, 6) is 6.09. The van der Waals surface area contributed by atoms with Crippen LogP contribution in [0.25, 0.3) is 6.08 Å². The summed E-state index contributed by atoms with van der Waals surface area (Å²) >= 11 is 0. The van der Waals surface area contributed by atoms with Crippen molar-refractivity contribution in [2.45, 2.75) is 32.5 Å². The second kappa shape index (κ2) is 16.6. The van der Waals surface area contributed by atoms with E-state index in [2.05, 4.69) is 55.1 Å². The van der Waals surface area contributed by atoms with Gasteiger partial charge in [-0.05, 0) is 61.3 Å². The fraction of sp³-hybridized carbons (Fsp3) is 0.355. The number of benzene rings is 1. The summed E-state index contributed by atoms with van der Waals surface area (Å²) in [5, 5.41) is 2.55. The number of hydrogen-bond donors (Lipinski definition) is 3. The van der Waals surface area contributed by atoms with Crippen LogP contribution in [-0.4, -0.2) is 76.3 Å². The van der Waals surface area contributed by atoms with Crippen molar-refractivity contribution in [1.29, 1.82) is 0 Å². The zero-order valence-electron chi connectivity index (χ0n) is 24.7. The number of H-pyrrole nitrogens is 1. The van der Waals surface area contributed by atoms with E-state index < -0.39 is 17.6 Å². The molecule has 44 heavy (non-hydrogen) atoms. The number of nitrogens with one attached hydrogen (secondary N) is 2. The van der Waals surface area contributed by atoms with E-state index in [1.54, 1.807) is 18.3 Å². The average Bonchev–Trinajstić information content (AvgIpc) is 3.44. The van der Waals surface area contributed by atoms with Crippen molar-refractivity contribution < 1.29 is 50.7 Å². The predicted octanol–water partition coefficient (Wildman–Crippen LogP) is 4.19. The first-order chi connectivity index (χ1) is 20.6. The molecule has 2 aromatic heterocycles. The molecule has 0 bridgehead atoms. The van der Waals surface area contributed by atoms with Crippen molar-refractivity contribution in [2.24, 2.45) is 10.7 Å². The summed E-state index contributed by atoms with van der Waals surface area (Å²) in [6.07, 6.45) is 6.32. The molecule has 0 saturated carbocycles. The monoisotopic (exact) mass is 680 g/mol. The molecule has 9 nitrogen and oxygen atoms in total. The molecule has 1 aromatic carbocycles. The number of unbranched alkanes of at least 4 members (excludes halogenated alkanes) is 1. The molecule has 4 rings (SSSR count). The number of pyridine rings is 1. The molecule has 1 saturated heterocycles. The van der Waals surface area contributed by atoms with Gasteiger partial charge in [-0.1, -0.05) is 25.0 Å². The SMILES string of the molecule is CCCCN=C(N)/C=C\c1ncc(C#Cc2[c-]ncc(C(=O)Nc3ccc(CN4CCN(C)CC4)c(C(F)(F)F)c3)c2)[nH]1.[Y]. The number of amides is 1. The van der Waals surface area contributed by atoms with Crippen LogP contribution in [0.2, 0.25) is 0 Å². The van der Waals surface area contributed by atoms with Gasteiger partial charge in [-0.2, -0.15) is 19.1 Å². The molecule has 0 spiro atoms. The number of piperazine rings is 1. The van der Waals surface area contributed by atoms with E-state index in [1.807, 2.05) is 11.9 Å². The van der Waals surface area contributed by atoms with Crippen molar-refractivity contribution in [3.05, 3.63) is 82.7 Å². The largest absolute Gasteiger partial charge is 0.416 e. The van der Waals surface area contributed by atoms with E-state index in [0.717, 1.165) is 32.0 Å². The first-order valence-corrected chi connectivity index (χ1v) is 14.0. The van der Waals surface area contributed by atoms with E-state index in [-0.39, 0.29) is 56.1 Å². The van der Waals surface area contributed by atoms with E-state index in [0.29, 0.717) is 42.6 Å². The van der Waals surface area contributed by atoms with Gasteiger partial charge in [-0.25, -0.2) is 4.98 Å². The summed E-state index contributed by atoms with van der Waals surface area (Å²) in [6, 6.07) is 5.34. The van der Waals surface area contributed by atoms with Crippen LogP contribution in [0.4, 0.5) is 18.9 Å². The van der Waals surface area contributed by atoms with Crippen LogP contribution in [0.1, 0.15) is 58.3 Å². The Bertz CT molecular complexity index is 1530. The molecule has 3 heterocycles. The number of aromatic nitrogens is 3. The molecular formula is C31H34F3N8OY-. The quantitative estimate of drug-likeness (QED) is 0.103. The molecule has 1 aliphatic heterocycles. The van der Waals surface area contributed by atoms with E-state index in [9.17, 15) is 18.0 Å². The number of hydrogen-bond acceptors (Lipinski definition) is 6. The van der Waals surface area contributed by atoms with Gasteiger partial charge in [0.05, 0.1) is 17.5 Å². The fourth-order valence-corrected chi connectivity index (χ4v) is 4.29. The van der Waals surface area contributed by atoms with Crippen LogP contribution in [-0.2, 0) is 45.4 Å². The molecule has 0 aliphatic carbocycles. The molecule has 4 N–H and O–H groups in total. The van der Waals surface area contributed by atoms with Gasteiger partial charge in [0.2, 0.25) is 5.91 Å². The van der Waals surface area contributed by atoms with Gasteiger partial charge in [0.1, 0.15) is 11.7 Å². The number of nitrogens with zero attached hydrogens (tertiary/aromatic N) is 5. The zero-order valence-corrected chi connectivity index (χ0v) is 27.5. The number of likely N-dealkylation sites (N-methyl/N-ethyl adjacent to an activating group) is 1. The molecule has 0 atom stereocenters. The summed E-state index contributed by atoms with van der Waals surface area (Å²) < 4.78 is 41.8. The van der Waals surface area contributed by atoms with Gasteiger partial charge in [-0.15, -0.1) is 12.0 Å². The minimum absolute atomic E-state index is 0.